The second-order valence-electron chi connectivity index (χ2n) is 10.3. The predicted molar refractivity (Wildman–Crippen MR) is 161 cm³/mol. The van der Waals surface area contributed by atoms with E-state index < -0.39 is 21.9 Å². The van der Waals surface area contributed by atoms with E-state index in [1.807, 2.05) is 68.4 Å². The minimum atomic E-state index is -3.66. The quantitative estimate of drug-likeness (QED) is 0.249. The smallest absolute Gasteiger partial charge is 0.243 e. The summed E-state index contributed by atoms with van der Waals surface area (Å²) in [4.78, 5) is 29.0. The van der Waals surface area contributed by atoms with Crippen molar-refractivity contribution in [2.24, 2.45) is 0 Å². The van der Waals surface area contributed by atoms with E-state index in [2.05, 4.69) is 5.32 Å². The first-order valence-corrected chi connectivity index (χ1v) is 15.8. The number of anilines is 1. The molecule has 0 radical (unpaired) electrons. The largest absolute Gasteiger partial charge is 0.354 e. The highest BCUT2D eigenvalue weighted by Gasteiger charge is 2.30. The lowest BCUT2D eigenvalue weighted by Crippen LogP contribution is -2.50. The summed E-state index contributed by atoms with van der Waals surface area (Å²) >= 11 is 0. The molecule has 0 saturated carbocycles. The lowest BCUT2D eigenvalue weighted by molar-refractivity contribution is -0.141. The summed E-state index contributed by atoms with van der Waals surface area (Å²) < 4.78 is 39.6. The minimum Gasteiger partial charge on any atom is -0.354 e. The number of hydrogen-bond donors (Lipinski definition) is 1. The van der Waals surface area contributed by atoms with E-state index in [4.69, 9.17) is 0 Å². The van der Waals surface area contributed by atoms with Gasteiger partial charge in [-0.05, 0) is 55.2 Å². The molecule has 9 heteroatoms. The van der Waals surface area contributed by atoms with Crippen LogP contribution in [0.3, 0.4) is 0 Å². The van der Waals surface area contributed by atoms with Crippen LogP contribution in [0.1, 0.15) is 49.3 Å². The molecule has 0 aliphatic rings. The molecule has 0 bridgehead atoms. The maximum absolute atomic E-state index is 13.8. The van der Waals surface area contributed by atoms with Crippen molar-refractivity contribution in [3.05, 3.63) is 101 Å². The third-order valence-corrected chi connectivity index (χ3v) is 8.00. The summed E-state index contributed by atoms with van der Waals surface area (Å²) in [5.41, 5.74) is 3.21. The van der Waals surface area contributed by atoms with Crippen molar-refractivity contribution in [3.63, 3.8) is 0 Å². The normalized spacial score (nSPS) is 12.0. The summed E-state index contributed by atoms with van der Waals surface area (Å²) in [6.45, 7) is 4.83. The van der Waals surface area contributed by atoms with Crippen molar-refractivity contribution in [2.45, 2.75) is 58.5 Å². The molecular formula is C32H40FN3O4S. The van der Waals surface area contributed by atoms with Crippen LogP contribution in [-0.2, 0) is 32.6 Å². The standard InChI is InChI=1S/C32H40FN3O4S/c1-4-5-20-34-32(38)30(23-26-12-7-6-8-13-26)35(24-27-14-9-11-25(2)22-27)31(37)15-10-21-36(41(3,39)40)29-18-16-28(33)17-19-29/h6-9,11-14,16-19,22,30H,4-5,10,15,20-21,23-24H2,1-3H3,(H,34,38). The predicted octanol–water partition coefficient (Wildman–Crippen LogP) is 5.24. The fourth-order valence-corrected chi connectivity index (χ4v) is 5.64. The first-order chi connectivity index (χ1) is 19.6. The van der Waals surface area contributed by atoms with Gasteiger partial charge in [-0.2, -0.15) is 0 Å². The Balaban J connectivity index is 1.86. The van der Waals surface area contributed by atoms with Gasteiger partial charge in [-0.25, -0.2) is 12.8 Å². The summed E-state index contributed by atoms with van der Waals surface area (Å²) in [5.74, 6) is -0.927. The zero-order chi connectivity index (χ0) is 29.8. The molecule has 3 aromatic carbocycles. The summed E-state index contributed by atoms with van der Waals surface area (Å²) in [6.07, 6.45) is 3.45. The number of carbonyl (C=O) groups is 2. The van der Waals surface area contributed by atoms with E-state index in [0.29, 0.717) is 18.7 Å². The SMILES string of the molecule is CCCCNC(=O)C(Cc1ccccc1)N(Cc1cccc(C)c1)C(=O)CCCN(c1ccc(F)cc1)S(C)(=O)=O. The number of rotatable bonds is 15. The van der Waals surface area contributed by atoms with Gasteiger partial charge in [0, 0.05) is 32.5 Å². The van der Waals surface area contributed by atoms with E-state index in [9.17, 15) is 22.4 Å². The summed E-state index contributed by atoms with van der Waals surface area (Å²) in [6, 6.07) is 21.9. The molecule has 41 heavy (non-hydrogen) atoms. The van der Waals surface area contributed by atoms with Crippen molar-refractivity contribution in [2.75, 3.05) is 23.7 Å². The average molecular weight is 582 g/mol. The molecule has 0 heterocycles. The Labute approximate surface area is 243 Å². The monoisotopic (exact) mass is 581 g/mol. The first kappa shape index (κ1) is 31.8. The van der Waals surface area contributed by atoms with Crippen LogP contribution in [-0.4, -0.2) is 50.5 Å². The third kappa shape index (κ3) is 10.0. The van der Waals surface area contributed by atoms with Gasteiger partial charge in [-0.15, -0.1) is 0 Å². The number of unbranched alkanes of at least 4 members (excludes halogenated alkanes) is 1. The Bertz CT molecular complexity index is 1380. The molecule has 1 atom stereocenters. The molecule has 1 N–H and O–H groups in total. The molecule has 0 spiro atoms. The van der Waals surface area contributed by atoms with E-state index in [0.717, 1.165) is 35.8 Å². The van der Waals surface area contributed by atoms with Gasteiger partial charge >= 0.3 is 0 Å². The number of sulfonamides is 1. The van der Waals surface area contributed by atoms with Crippen molar-refractivity contribution in [1.29, 1.82) is 0 Å². The second-order valence-corrected chi connectivity index (χ2v) is 12.2. The molecule has 7 nitrogen and oxygen atoms in total. The number of amides is 2. The molecule has 0 aromatic heterocycles. The van der Waals surface area contributed by atoms with Crippen LogP contribution in [0.2, 0.25) is 0 Å². The zero-order valence-electron chi connectivity index (χ0n) is 24.1. The minimum absolute atomic E-state index is 0.0343. The molecule has 2 amide bonds. The Morgan fingerprint density at radius 1 is 0.927 bits per heavy atom. The van der Waals surface area contributed by atoms with Crippen molar-refractivity contribution < 1.29 is 22.4 Å². The van der Waals surface area contributed by atoms with Crippen molar-refractivity contribution >= 4 is 27.5 Å². The number of carbonyl (C=O) groups excluding carboxylic acids is 2. The van der Waals surface area contributed by atoms with Crippen LogP contribution in [0.15, 0.2) is 78.9 Å². The van der Waals surface area contributed by atoms with Gasteiger partial charge < -0.3 is 10.2 Å². The highest BCUT2D eigenvalue weighted by molar-refractivity contribution is 7.92. The van der Waals surface area contributed by atoms with Crippen LogP contribution in [0.4, 0.5) is 10.1 Å². The van der Waals surface area contributed by atoms with E-state index in [1.54, 1.807) is 4.90 Å². The van der Waals surface area contributed by atoms with Crippen LogP contribution < -0.4 is 9.62 Å². The second kappa shape index (κ2) is 15.3. The van der Waals surface area contributed by atoms with Gasteiger partial charge in [-0.3, -0.25) is 13.9 Å². The summed E-state index contributed by atoms with van der Waals surface area (Å²) in [5, 5.41) is 3.01. The lowest BCUT2D eigenvalue weighted by atomic mass is 10.0. The van der Waals surface area contributed by atoms with Gasteiger partial charge in [-0.1, -0.05) is 73.5 Å². The number of nitrogens with one attached hydrogen (secondary N) is 1. The van der Waals surface area contributed by atoms with Gasteiger partial charge in [0.2, 0.25) is 21.8 Å². The number of aryl methyl sites for hydroxylation is 1. The molecule has 0 fully saturated rings. The van der Waals surface area contributed by atoms with Crippen molar-refractivity contribution in [1.82, 2.24) is 10.2 Å². The highest BCUT2D eigenvalue weighted by Crippen LogP contribution is 2.21. The van der Waals surface area contributed by atoms with E-state index in [-0.39, 0.29) is 37.7 Å². The van der Waals surface area contributed by atoms with Crippen molar-refractivity contribution in [3.8, 4) is 0 Å². The Morgan fingerprint density at radius 3 is 2.24 bits per heavy atom. The molecule has 0 aliphatic carbocycles. The fourth-order valence-electron chi connectivity index (χ4n) is 4.68. The number of hydrogen-bond acceptors (Lipinski definition) is 4. The number of nitrogens with zero attached hydrogens (tertiary/aromatic N) is 2. The zero-order valence-corrected chi connectivity index (χ0v) is 24.9. The van der Waals surface area contributed by atoms with E-state index in [1.165, 1.54) is 28.6 Å². The van der Waals surface area contributed by atoms with Gasteiger partial charge in [0.05, 0.1) is 11.9 Å². The van der Waals surface area contributed by atoms with Crippen LogP contribution >= 0.6 is 0 Å². The molecule has 0 saturated heterocycles. The third-order valence-electron chi connectivity index (χ3n) is 6.80. The van der Waals surface area contributed by atoms with Crippen LogP contribution in [0.5, 0.6) is 0 Å². The molecule has 3 aromatic rings. The molecule has 0 aliphatic heterocycles. The molecular weight excluding hydrogens is 541 g/mol. The first-order valence-electron chi connectivity index (χ1n) is 14.0. The maximum Gasteiger partial charge on any atom is 0.243 e. The van der Waals surface area contributed by atoms with E-state index >= 15 is 0 Å². The van der Waals surface area contributed by atoms with Gasteiger partial charge in [0.1, 0.15) is 11.9 Å². The number of halogens is 1. The fraction of sp³-hybridized carbons (Fsp3) is 0.375. The molecule has 1 unspecified atom stereocenters. The Hall–Kier alpha value is -3.72. The Kier molecular flexibility index (Phi) is 11.9. The highest BCUT2D eigenvalue weighted by atomic mass is 32.2. The summed E-state index contributed by atoms with van der Waals surface area (Å²) in [7, 11) is -3.66. The van der Waals surface area contributed by atoms with Gasteiger partial charge in [0.25, 0.3) is 0 Å². The average Bonchev–Trinajstić information content (AvgIpc) is 2.93. The topological polar surface area (TPSA) is 86.8 Å². The molecule has 3 rings (SSSR count). The van der Waals surface area contributed by atoms with Crippen LogP contribution in [0, 0.1) is 12.7 Å². The van der Waals surface area contributed by atoms with Crippen LogP contribution in [0.25, 0.3) is 0 Å². The number of benzene rings is 3. The lowest BCUT2D eigenvalue weighted by Gasteiger charge is -2.32. The Morgan fingerprint density at radius 2 is 1.61 bits per heavy atom. The van der Waals surface area contributed by atoms with Gasteiger partial charge in [0.15, 0.2) is 0 Å². The maximum atomic E-state index is 13.8. The molecule has 220 valence electrons.